The number of carbonyl (C=O) groups excluding carboxylic acids is 2. The fraction of sp³-hybridized carbons (Fsp3) is 0.783. The maximum absolute atomic E-state index is 15.3. The van der Waals surface area contributed by atoms with E-state index in [1.165, 1.54) is 5.57 Å². The van der Waals surface area contributed by atoms with Gasteiger partial charge in [0.05, 0.1) is 28.4 Å². The molecule has 4 saturated carbocycles. The summed E-state index contributed by atoms with van der Waals surface area (Å²) >= 11 is 13.1. The van der Waals surface area contributed by atoms with Gasteiger partial charge < -0.3 is 39.7 Å². The van der Waals surface area contributed by atoms with Crippen molar-refractivity contribution in [3.05, 3.63) is 39.9 Å². The molecule has 4 N–H and O–H groups in total. The van der Waals surface area contributed by atoms with Crippen molar-refractivity contribution in [2.24, 2.45) is 50.2 Å². The number of piperazine rings is 1. The third-order valence-corrected chi connectivity index (χ3v) is 18.5. The predicted molar refractivity (Wildman–Crippen MR) is 223 cm³/mol. The van der Waals surface area contributed by atoms with Crippen LogP contribution in [0.25, 0.3) is 0 Å². The zero-order chi connectivity index (χ0) is 42.0. The molecule has 4 unspecified atom stereocenters. The SMILES string of the molecule is CC1(C(=O)N2CCN(c3c(Cl)cccc3Cl)CC2)CC[C@]2(C)CC[C@]3(C)C(=CC(=O)C4[C@@]5(C)C(O[C@@H]6O[C@H](CO)[C@@H](O)[C@@H](O)[C@H]6O)CCC(C)(C)C5CC[C@]43C)[C@@H]2C1. The highest BCUT2D eigenvalue weighted by Crippen LogP contribution is 2.75. The minimum absolute atomic E-state index is 0.0171. The zero-order valence-electron chi connectivity index (χ0n) is 35.5. The topological polar surface area (TPSA) is 140 Å². The van der Waals surface area contributed by atoms with E-state index in [0.717, 1.165) is 50.6 Å². The Morgan fingerprint density at radius 1 is 0.862 bits per heavy atom. The summed E-state index contributed by atoms with van der Waals surface area (Å²) in [6.07, 6.45) is 2.43. The molecule has 2 aliphatic heterocycles. The molecule has 1 amide bonds. The Kier molecular flexibility index (Phi) is 10.9. The van der Waals surface area contributed by atoms with E-state index in [2.05, 4.69) is 53.4 Å². The summed E-state index contributed by atoms with van der Waals surface area (Å²) < 4.78 is 12.7. The van der Waals surface area contributed by atoms with Crippen LogP contribution in [-0.4, -0.2) is 107 Å². The fourth-order valence-corrected chi connectivity index (χ4v) is 14.8. The van der Waals surface area contributed by atoms with Crippen LogP contribution in [0.2, 0.25) is 10.0 Å². The minimum Gasteiger partial charge on any atom is -0.394 e. The Hall–Kier alpha value is -1.76. The normalized spacial score (nSPS) is 46.3. The number of amides is 1. The van der Waals surface area contributed by atoms with Gasteiger partial charge in [-0.3, -0.25) is 9.59 Å². The summed E-state index contributed by atoms with van der Waals surface area (Å²) in [5.74, 6) is 0.186. The summed E-state index contributed by atoms with van der Waals surface area (Å²) in [7, 11) is 0. The first kappa shape index (κ1) is 42.9. The number of anilines is 1. The van der Waals surface area contributed by atoms with E-state index >= 15 is 4.79 Å². The predicted octanol–water partition coefficient (Wildman–Crippen LogP) is 6.81. The molecule has 12 heteroatoms. The first-order valence-corrected chi connectivity index (χ1v) is 22.6. The van der Waals surface area contributed by atoms with Crippen LogP contribution in [0.4, 0.5) is 5.69 Å². The van der Waals surface area contributed by atoms with Crippen molar-refractivity contribution in [2.75, 3.05) is 37.7 Å². The molecule has 0 radical (unpaired) electrons. The summed E-state index contributed by atoms with van der Waals surface area (Å²) in [5, 5.41) is 43.4. The number of ketones is 1. The van der Waals surface area contributed by atoms with Gasteiger partial charge in [-0.2, -0.15) is 0 Å². The van der Waals surface area contributed by atoms with Crippen LogP contribution < -0.4 is 4.90 Å². The number of carbonyl (C=O) groups is 2. The second-order valence-electron chi connectivity index (χ2n) is 21.3. The van der Waals surface area contributed by atoms with Gasteiger partial charge in [-0.1, -0.05) is 83.3 Å². The number of allylic oxidation sites excluding steroid dienone is 2. The maximum atomic E-state index is 15.3. The van der Waals surface area contributed by atoms with Crippen molar-refractivity contribution in [1.29, 1.82) is 0 Å². The molecular weight excluding hydrogens is 779 g/mol. The molecule has 0 aromatic heterocycles. The Labute approximate surface area is 354 Å². The summed E-state index contributed by atoms with van der Waals surface area (Å²) in [5.41, 5.74) is 0.0743. The van der Waals surface area contributed by atoms with Crippen molar-refractivity contribution in [3.63, 3.8) is 0 Å². The second kappa shape index (κ2) is 14.7. The molecule has 8 rings (SSSR count). The van der Waals surface area contributed by atoms with Crippen molar-refractivity contribution in [3.8, 4) is 0 Å². The van der Waals surface area contributed by atoms with E-state index in [4.69, 9.17) is 32.7 Å². The van der Waals surface area contributed by atoms with Crippen LogP contribution in [0, 0.1) is 50.2 Å². The lowest BCUT2D eigenvalue weighted by Crippen LogP contribution is -2.69. The Bertz CT molecular complexity index is 1810. The summed E-state index contributed by atoms with van der Waals surface area (Å²) in [4.78, 5) is 34.2. The monoisotopic (exact) mass is 844 g/mol. The van der Waals surface area contributed by atoms with Crippen molar-refractivity contribution in [1.82, 2.24) is 4.90 Å². The van der Waals surface area contributed by atoms with Crippen LogP contribution in [0.1, 0.15) is 106 Å². The Balaban J connectivity index is 1.09. The lowest BCUT2D eigenvalue weighted by Gasteiger charge is -2.71. The van der Waals surface area contributed by atoms with Gasteiger partial charge >= 0.3 is 0 Å². The molecule has 2 saturated heterocycles. The number of fused-ring (bicyclic) bond motifs is 7. The number of aliphatic hydroxyl groups is 4. The number of hydrogen-bond donors (Lipinski definition) is 4. The third kappa shape index (κ3) is 6.30. The highest BCUT2D eigenvalue weighted by molar-refractivity contribution is 6.39. The number of aliphatic hydroxyl groups excluding tert-OH is 4. The van der Waals surface area contributed by atoms with Crippen LogP contribution in [0.15, 0.2) is 29.8 Å². The average molecular weight is 846 g/mol. The minimum atomic E-state index is -1.54. The van der Waals surface area contributed by atoms with Crippen LogP contribution in [0.5, 0.6) is 0 Å². The molecule has 0 bridgehead atoms. The number of rotatable bonds is 5. The van der Waals surface area contributed by atoms with E-state index in [0.29, 0.717) is 49.1 Å². The van der Waals surface area contributed by atoms with Gasteiger partial charge in [0.25, 0.3) is 0 Å². The fourth-order valence-electron chi connectivity index (χ4n) is 14.2. The first-order chi connectivity index (χ1) is 27.1. The molecule has 5 aliphatic carbocycles. The lowest BCUT2D eigenvalue weighted by atomic mass is 9.33. The van der Waals surface area contributed by atoms with Crippen LogP contribution >= 0.6 is 23.2 Å². The highest BCUT2D eigenvalue weighted by atomic mass is 35.5. The van der Waals surface area contributed by atoms with E-state index < -0.39 is 59.7 Å². The molecular formula is C46H66Cl2N2O8. The van der Waals surface area contributed by atoms with E-state index in [1.54, 1.807) is 0 Å². The molecule has 7 aliphatic rings. The molecule has 1 aromatic rings. The number of benzene rings is 1. The molecule has 2 heterocycles. The number of para-hydroxylation sites is 1. The maximum Gasteiger partial charge on any atom is 0.228 e. The smallest absolute Gasteiger partial charge is 0.228 e. The largest absolute Gasteiger partial charge is 0.394 e. The van der Waals surface area contributed by atoms with Crippen LogP contribution in [-0.2, 0) is 19.1 Å². The summed E-state index contributed by atoms with van der Waals surface area (Å²) in [6, 6.07) is 5.55. The quantitative estimate of drug-likeness (QED) is 0.252. The molecule has 1 aromatic carbocycles. The molecule has 6 fully saturated rings. The Morgan fingerprint density at radius 3 is 2.17 bits per heavy atom. The molecule has 10 nitrogen and oxygen atoms in total. The van der Waals surface area contributed by atoms with Gasteiger partial charge in [0, 0.05) is 42.9 Å². The molecule has 58 heavy (non-hydrogen) atoms. The van der Waals surface area contributed by atoms with Crippen LogP contribution in [0.3, 0.4) is 0 Å². The standard InChI is InChI=1S/C46H66Cl2N2O8/c1-41(2)13-12-33(58-39-37(55)36(54)35(53)31(25-51)57-39)46(7)32(41)11-14-45(6)38(46)30(52)23-26-27-24-43(4,16-15-42(27,3)17-18-44(26,45)5)40(56)50-21-19-49(20-22-50)34-28(47)9-8-10-29(34)48/h8-10,23,27,31-33,35-39,51,53-55H,11-22,24-25H2,1-7H3/t27-,31+,32?,33?,35+,36+,37+,38?,39-,42+,43?,44+,45+,46+/m0/s1. The second-order valence-corrected chi connectivity index (χ2v) is 22.1. The molecule has 14 atom stereocenters. The first-order valence-electron chi connectivity index (χ1n) is 21.9. The highest BCUT2D eigenvalue weighted by Gasteiger charge is 2.72. The van der Waals surface area contributed by atoms with Gasteiger partial charge in [0.1, 0.15) is 24.4 Å². The van der Waals surface area contributed by atoms with Crippen molar-refractivity contribution >= 4 is 40.6 Å². The van der Waals surface area contributed by atoms with E-state index in [9.17, 15) is 25.2 Å². The summed E-state index contributed by atoms with van der Waals surface area (Å²) in [6.45, 7) is 18.1. The van der Waals surface area contributed by atoms with Gasteiger partial charge in [0.15, 0.2) is 12.1 Å². The van der Waals surface area contributed by atoms with E-state index in [-0.39, 0.29) is 45.7 Å². The average Bonchev–Trinajstić information content (AvgIpc) is 3.17. The number of nitrogens with zero attached hydrogens (tertiary/aromatic N) is 2. The van der Waals surface area contributed by atoms with Gasteiger partial charge in [-0.05, 0) is 109 Å². The van der Waals surface area contributed by atoms with Crippen molar-refractivity contribution < 1.29 is 39.5 Å². The molecule has 0 spiro atoms. The van der Waals surface area contributed by atoms with E-state index in [1.807, 2.05) is 29.2 Å². The van der Waals surface area contributed by atoms with Gasteiger partial charge in [0.2, 0.25) is 5.91 Å². The molecule has 322 valence electrons. The van der Waals surface area contributed by atoms with Crippen molar-refractivity contribution in [2.45, 2.75) is 143 Å². The zero-order valence-corrected chi connectivity index (χ0v) is 37.0. The number of hydrogen-bond acceptors (Lipinski definition) is 9. The van der Waals surface area contributed by atoms with Gasteiger partial charge in [-0.15, -0.1) is 0 Å². The number of ether oxygens (including phenoxy) is 2. The lowest BCUT2D eigenvalue weighted by molar-refractivity contribution is -0.335. The number of halogens is 2. The Morgan fingerprint density at radius 2 is 1.52 bits per heavy atom. The van der Waals surface area contributed by atoms with Gasteiger partial charge in [-0.25, -0.2) is 0 Å². The third-order valence-electron chi connectivity index (χ3n) is 17.9.